The lowest BCUT2D eigenvalue weighted by Crippen LogP contribution is -2.18. The Kier molecular flexibility index (Phi) is 5.03. The number of para-hydroxylation sites is 1. The summed E-state index contributed by atoms with van der Waals surface area (Å²) in [5, 5.41) is 10.9. The van der Waals surface area contributed by atoms with E-state index in [4.69, 9.17) is 9.15 Å². The zero-order chi connectivity index (χ0) is 14.4. The van der Waals surface area contributed by atoms with Crippen molar-refractivity contribution >= 4 is 11.7 Å². The number of halogens is 1. The molecule has 0 amide bonds. The molecule has 108 valence electrons. The Labute approximate surface area is 116 Å². The first-order valence-corrected chi connectivity index (χ1v) is 6.22. The van der Waals surface area contributed by atoms with Crippen molar-refractivity contribution in [2.75, 3.05) is 32.2 Å². The van der Waals surface area contributed by atoms with Crippen molar-refractivity contribution in [2.45, 2.75) is 6.54 Å². The predicted octanol–water partition coefficient (Wildman–Crippen LogP) is 1.71. The molecule has 20 heavy (non-hydrogen) atoms. The molecule has 6 nitrogen and oxygen atoms in total. The normalized spacial score (nSPS) is 10.8. The summed E-state index contributed by atoms with van der Waals surface area (Å²) < 4.78 is 24.0. The van der Waals surface area contributed by atoms with Crippen LogP contribution in [0, 0.1) is 5.82 Å². The standard InChI is InChI=1S/C13H17FN4O2/c1-18(11-6-4-3-5-10(11)14)13-17-16-12(20-13)9-15-7-8-19-2/h3-6,15H,7-9H2,1-2H3. The molecule has 7 heteroatoms. The van der Waals surface area contributed by atoms with Crippen LogP contribution in [0.4, 0.5) is 16.1 Å². The summed E-state index contributed by atoms with van der Waals surface area (Å²) in [4.78, 5) is 1.51. The SMILES string of the molecule is COCCNCc1nnc(N(C)c2ccccc2F)o1. The quantitative estimate of drug-likeness (QED) is 0.779. The molecule has 0 aliphatic carbocycles. The smallest absolute Gasteiger partial charge is 0.322 e. The Bertz CT molecular complexity index is 547. The second-order valence-electron chi connectivity index (χ2n) is 4.16. The van der Waals surface area contributed by atoms with Crippen molar-refractivity contribution in [3.8, 4) is 0 Å². The fraction of sp³-hybridized carbons (Fsp3) is 0.385. The van der Waals surface area contributed by atoms with Crippen LogP contribution in [0.5, 0.6) is 0 Å². The van der Waals surface area contributed by atoms with Gasteiger partial charge in [0.25, 0.3) is 0 Å². The van der Waals surface area contributed by atoms with Crippen LogP contribution in [0.2, 0.25) is 0 Å². The van der Waals surface area contributed by atoms with Crippen LogP contribution in [-0.4, -0.2) is 37.5 Å². The molecule has 1 heterocycles. The monoisotopic (exact) mass is 280 g/mol. The van der Waals surface area contributed by atoms with Gasteiger partial charge in [-0.15, -0.1) is 5.10 Å². The maximum absolute atomic E-state index is 13.7. The van der Waals surface area contributed by atoms with E-state index < -0.39 is 0 Å². The number of nitrogens with one attached hydrogen (secondary N) is 1. The van der Waals surface area contributed by atoms with Crippen molar-refractivity contribution in [2.24, 2.45) is 0 Å². The summed E-state index contributed by atoms with van der Waals surface area (Å²) in [6.07, 6.45) is 0. The number of ether oxygens (including phenoxy) is 1. The number of anilines is 2. The first kappa shape index (κ1) is 14.4. The second-order valence-corrected chi connectivity index (χ2v) is 4.16. The van der Waals surface area contributed by atoms with E-state index >= 15 is 0 Å². The van der Waals surface area contributed by atoms with Crippen molar-refractivity contribution in [1.29, 1.82) is 0 Å². The molecule has 2 aromatic rings. The highest BCUT2D eigenvalue weighted by molar-refractivity contribution is 5.55. The van der Waals surface area contributed by atoms with Gasteiger partial charge in [0.1, 0.15) is 5.82 Å². The second kappa shape index (κ2) is 6.97. The van der Waals surface area contributed by atoms with E-state index in [0.29, 0.717) is 31.3 Å². The highest BCUT2D eigenvalue weighted by atomic mass is 19.1. The number of hydrogen-bond donors (Lipinski definition) is 1. The molecule has 2 rings (SSSR count). The van der Waals surface area contributed by atoms with Crippen molar-refractivity contribution in [3.05, 3.63) is 36.0 Å². The maximum atomic E-state index is 13.7. The molecule has 0 spiro atoms. The van der Waals surface area contributed by atoms with Gasteiger partial charge >= 0.3 is 6.01 Å². The van der Waals surface area contributed by atoms with Crippen molar-refractivity contribution < 1.29 is 13.5 Å². The number of rotatable bonds is 7. The van der Waals surface area contributed by atoms with Crippen LogP contribution < -0.4 is 10.2 Å². The van der Waals surface area contributed by atoms with Crippen molar-refractivity contribution in [1.82, 2.24) is 15.5 Å². The van der Waals surface area contributed by atoms with Gasteiger partial charge < -0.3 is 14.5 Å². The zero-order valence-corrected chi connectivity index (χ0v) is 11.5. The Hall–Kier alpha value is -1.99. The topological polar surface area (TPSA) is 63.4 Å². The van der Waals surface area contributed by atoms with Crippen LogP contribution in [0.25, 0.3) is 0 Å². The summed E-state index contributed by atoms with van der Waals surface area (Å²) in [5.41, 5.74) is 0.384. The van der Waals surface area contributed by atoms with Gasteiger partial charge in [-0.1, -0.05) is 17.2 Å². The number of benzene rings is 1. The molecule has 0 fully saturated rings. The molecule has 0 aliphatic heterocycles. The molecule has 0 aliphatic rings. The van der Waals surface area contributed by atoms with E-state index in [1.54, 1.807) is 32.4 Å². The van der Waals surface area contributed by atoms with Gasteiger partial charge in [0.15, 0.2) is 0 Å². The summed E-state index contributed by atoms with van der Waals surface area (Å²) in [6.45, 7) is 1.75. The summed E-state index contributed by atoms with van der Waals surface area (Å²) in [7, 11) is 3.31. The Morgan fingerprint density at radius 2 is 2.15 bits per heavy atom. The minimum absolute atomic E-state index is 0.249. The predicted molar refractivity (Wildman–Crippen MR) is 72.3 cm³/mol. The molecule has 0 atom stereocenters. The van der Waals surface area contributed by atoms with E-state index in [9.17, 15) is 4.39 Å². The van der Waals surface area contributed by atoms with Gasteiger partial charge in [0.2, 0.25) is 5.89 Å². The number of nitrogens with zero attached hydrogens (tertiary/aromatic N) is 3. The average Bonchev–Trinajstić information content (AvgIpc) is 2.92. The van der Waals surface area contributed by atoms with E-state index in [1.807, 2.05) is 0 Å². The van der Waals surface area contributed by atoms with Crippen LogP contribution >= 0.6 is 0 Å². The highest BCUT2D eigenvalue weighted by Gasteiger charge is 2.15. The summed E-state index contributed by atoms with van der Waals surface area (Å²) in [5.74, 6) is 0.104. The van der Waals surface area contributed by atoms with Gasteiger partial charge in [-0.25, -0.2) is 4.39 Å². The molecular formula is C13H17FN4O2. The Morgan fingerprint density at radius 3 is 2.90 bits per heavy atom. The van der Waals surface area contributed by atoms with Gasteiger partial charge in [-0.05, 0) is 12.1 Å². The molecule has 1 N–H and O–H groups in total. The van der Waals surface area contributed by atoms with E-state index in [0.717, 1.165) is 0 Å². The lowest BCUT2D eigenvalue weighted by Gasteiger charge is -2.14. The zero-order valence-electron chi connectivity index (χ0n) is 11.5. The lowest BCUT2D eigenvalue weighted by molar-refractivity contribution is 0.198. The fourth-order valence-corrected chi connectivity index (χ4v) is 1.65. The van der Waals surface area contributed by atoms with E-state index in [-0.39, 0.29) is 11.8 Å². The third-order valence-corrected chi connectivity index (χ3v) is 2.72. The lowest BCUT2D eigenvalue weighted by atomic mass is 10.3. The third kappa shape index (κ3) is 3.52. The Balaban J connectivity index is 1.99. The molecule has 0 saturated carbocycles. The molecule has 0 bridgehead atoms. The molecule has 0 saturated heterocycles. The van der Waals surface area contributed by atoms with Crippen LogP contribution in [0.1, 0.15) is 5.89 Å². The van der Waals surface area contributed by atoms with Crippen LogP contribution in [0.3, 0.4) is 0 Å². The minimum atomic E-state index is -0.340. The summed E-state index contributed by atoms with van der Waals surface area (Å²) in [6, 6.07) is 6.66. The first-order chi connectivity index (χ1) is 9.72. The Morgan fingerprint density at radius 1 is 1.35 bits per heavy atom. The molecule has 0 unspecified atom stereocenters. The van der Waals surface area contributed by atoms with Gasteiger partial charge in [0, 0.05) is 20.7 Å². The number of aromatic nitrogens is 2. The maximum Gasteiger partial charge on any atom is 0.322 e. The first-order valence-electron chi connectivity index (χ1n) is 6.22. The highest BCUT2D eigenvalue weighted by Crippen LogP contribution is 2.24. The fourth-order valence-electron chi connectivity index (χ4n) is 1.65. The third-order valence-electron chi connectivity index (χ3n) is 2.72. The van der Waals surface area contributed by atoms with Crippen LogP contribution in [0.15, 0.2) is 28.7 Å². The molecular weight excluding hydrogens is 263 g/mol. The minimum Gasteiger partial charge on any atom is -0.406 e. The average molecular weight is 280 g/mol. The number of methoxy groups -OCH3 is 1. The molecule has 1 aromatic heterocycles. The molecule has 1 aromatic carbocycles. The molecule has 0 radical (unpaired) electrons. The van der Waals surface area contributed by atoms with Crippen molar-refractivity contribution in [3.63, 3.8) is 0 Å². The van der Waals surface area contributed by atoms with E-state index in [2.05, 4.69) is 15.5 Å². The largest absolute Gasteiger partial charge is 0.406 e. The number of hydrogen-bond acceptors (Lipinski definition) is 6. The van der Waals surface area contributed by atoms with Gasteiger partial charge in [-0.3, -0.25) is 4.90 Å². The van der Waals surface area contributed by atoms with Gasteiger partial charge in [0.05, 0.1) is 18.8 Å². The van der Waals surface area contributed by atoms with E-state index in [1.165, 1.54) is 11.0 Å². The summed E-state index contributed by atoms with van der Waals surface area (Å²) >= 11 is 0. The van der Waals surface area contributed by atoms with Gasteiger partial charge in [-0.2, -0.15) is 0 Å². The van der Waals surface area contributed by atoms with Crippen LogP contribution in [-0.2, 0) is 11.3 Å².